The molecule has 2 atom stereocenters. The Morgan fingerprint density at radius 3 is 2.35 bits per heavy atom. The van der Waals surface area contributed by atoms with Gasteiger partial charge in [0.15, 0.2) is 0 Å². The third kappa shape index (κ3) is 2.88. The van der Waals surface area contributed by atoms with E-state index in [1.165, 1.54) is 29.5 Å². The van der Waals surface area contributed by atoms with Crippen molar-refractivity contribution in [1.82, 2.24) is 0 Å². The molecule has 0 heterocycles. The Hall–Kier alpha value is -0.860. The molecule has 1 saturated carbocycles. The van der Waals surface area contributed by atoms with Crippen LogP contribution in [0.4, 0.5) is 0 Å². The second-order valence-electron chi connectivity index (χ2n) is 5.28. The summed E-state index contributed by atoms with van der Waals surface area (Å²) >= 11 is 0. The molecule has 2 heteroatoms. The molecule has 0 aliphatic heterocycles. The molecule has 0 radical (unpaired) electrons. The van der Waals surface area contributed by atoms with E-state index in [1.807, 2.05) is 0 Å². The minimum Gasteiger partial charge on any atom is -0.380 e. The van der Waals surface area contributed by atoms with Crippen molar-refractivity contribution in [2.24, 2.45) is 11.7 Å². The molecule has 1 aromatic carbocycles. The molecule has 1 aliphatic carbocycles. The normalized spacial score (nSPS) is 19.1. The number of hydrogen-bond donors (Lipinski definition) is 1. The maximum absolute atomic E-state index is 6.31. The fourth-order valence-electron chi connectivity index (χ4n) is 2.66. The van der Waals surface area contributed by atoms with Crippen molar-refractivity contribution in [3.05, 3.63) is 34.9 Å². The molecule has 2 rings (SSSR count). The van der Waals surface area contributed by atoms with Crippen LogP contribution in [0.2, 0.25) is 0 Å². The topological polar surface area (TPSA) is 35.2 Å². The third-order valence-corrected chi connectivity index (χ3v) is 3.87. The average molecular weight is 233 g/mol. The van der Waals surface area contributed by atoms with Crippen LogP contribution < -0.4 is 5.73 Å². The van der Waals surface area contributed by atoms with E-state index in [2.05, 4.69) is 32.0 Å². The molecule has 2 N–H and O–H groups in total. The van der Waals surface area contributed by atoms with E-state index < -0.39 is 0 Å². The summed E-state index contributed by atoms with van der Waals surface area (Å²) in [5.74, 6) is 0.694. The number of nitrogens with two attached hydrogens (primary N) is 1. The zero-order chi connectivity index (χ0) is 12.4. The van der Waals surface area contributed by atoms with Crippen LogP contribution in [0, 0.1) is 19.8 Å². The van der Waals surface area contributed by atoms with Crippen molar-refractivity contribution in [3.63, 3.8) is 0 Å². The largest absolute Gasteiger partial charge is 0.380 e. The summed E-state index contributed by atoms with van der Waals surface area (Å²) < 4.78 is 5.56. The van der Waals surface area contributed by atoms with Crippen LogP contribution in [0.1, 0.15) is 29.5 Å². The molecular formula is C15H23NO. The highest BCUT2D eigenvalue weighted by Gasteiger charge is 2.35. The van der Waals surface area contributed by atoms with Gasteiger partial charge in [0, 0.05) is 13.2 Å². The molecule has 94 valence electrons. The van der Waals surface area contributed by atoms with Gasteiger partial charge in [0.2, 0.25) is 0 Å². The Labute approximate surface area is 104 Å². The van der Waals surface area contributed by atoms with Gasteiger partial charge in [-0.15, -0.1) is 0 Å². The van der Waals surface area contributed by atoms with Gasteiger partial charge < -0.3 is 10.5 Å². The van der Waals surface area contributed by atoms with Gasteiger partial charge in [-0.1, -0.05) is 18.2 Å². The molecule has 1 fully saturated rings. The van der Waals surface area contributed by atoms with Crippen molar-refractivity contribution in [1.29, 1.82) is 0 Å². The SMILES string of the molecule is COC(C(N)Cc1c(C)cccc1C)C1CC1. The Kier molecular flexibility index (Phi) is 3.85. The fourth-order valence-corrected chi connectivity index (χ4v) is 2.66. The van der Waals surface area contributed by atoms with Gasteiger partial charge in [0.1, 0.15) is 0 Å². The van der Waals surface area contributed by atoms with Crippen molar-refractivity contribution in [3.8, 4) is 0 Å². The van der Waals surface area contributed by atoms with Gasteiger partial charge in [-0.25, -0.2) is 0 Å². The van der Waals surface area contributed by atoms with E-state index in [9.17, 15) is 0 Å². The van der Waals surface area contributed by atoms with Crippen molar-refractivity contribution >= 4 is 0 Å². The quantitative estimate of drug-likeness (QED) is 0.848. The molecule has 0 amide bonds. The average Bonchev–Trinajstić information content (AvgIpc) is 3.09. The Balaban J connectivity index is 2.08. The summed E-state index contributed by atoms with van der Waals surface area (Å²) in [6, 6.07) is 6.54. The maximum atomic E-state index is 6.31. The highest BCUT2D eigenvalue weighted by Crippen LogP contribution is 2.36. The van der Waals surface area contributed by atoms with E-state index in [-0.39, 0.29) is 12.1 Å². The molecule has 0 spiro atoms. The van der Waals surface area contributed by atoms with Crippen LogP contribution in [-0.2, 0) is 11.2 Å². The Morgan fingerprint density at radius 1 is 1.29 bits per heavy atom. The van der Waals surface area contributed by atoms with Gasteiger partial charge in [-0.2, -0.15) is 0 Å². The van der Waals surface area contributed by atoms with Crippen LogP contribution in [-0.4, -0.2) is 19.3 Å². The highest BCUT2D eigenvalue weighted by atomic mass is 16.5. The molecule has 2 unspecified atom stereocenters. The van der Waals surface area contributed by atoms with Gasteiger partial charge in [0.25, 0.3) is 0 Å². The van der Waals surface area contributed by atoms with E-state index in [0.29, 0.717) is 5.92 Å². The fraction of sp³-hybridized carbons (Fsp3) is 0.600. The van der Waals surface area contributed by atoms with E-state index in [1.54, 1.807) is 7.11 Å². The lowest BCUT2D eigenvalue weighted by Crippen LogP contribution is -2.39. The summed E-state index contributed by atoms with van der Waals surface area (Å²) in [5.41, 5.74) is 10.4. The number of aryl methyl sites for hydroxylation is 2. The highest BCUT2D eigenvalue weighted by molar-refractivity contribution is 5.34. The number of rotatable bonds is 5. The lowest BCUT2D eigenvalue weighted by molar-refractivity contribution is 0.0626. The molecule has 0 bridgehead atoms. The van der Waals surface area contributed by atoms with E-state index >= 15 is 0 Å². The monoisotopic (exact) mass is 233 g/mol. The van der Waals surface area contributed by atoms with E-state index in [0.717, 1.165) is 6.42 Å². The number of benzene rings is 1. The summed E-state index contributed by atoms with van der Waals surface area (Å²) in [5, 5.41) is 0. The van der Waals surface area contributed by atoms with Gasteiger partial charge in [-0.05, 0) is 55.7 Å². The number of ether oxygens (including phenoxy) is 1. The van der Waals surface area contributed by atoms with E-state index in [4.69, 9.17) is 10.5 Å². The minimum atomic E-state index is 0.118. The van der Waals surface area contributed by atoms with Crippen LogP contribution in [0.15, 0.2) is 18.2 Å². The van der Waals surface area contributed by atoms with Crippen LogP contribution in [0.5, 0.6) is 0 Å². The summed E-state index contributed by atoms with van der Waals surface area (Å²) in [4.78, 5) is 0. The Bertz CT molecular complexity index is 364. The number of methoxy groups -OCH3 is 1. The number of hydrogen-bond acceptors (Lipinski definition) is 2. The predicted molar refractivity (Wildman–Crippen MR) is 71.1 cm³/mol. The summed E-state index contributed by atoms with van der Waals surface area (Å²) in [7, 11) is 1.79. The molecule has 0 aromatic heterocycles. The van der Waals surface area contributed by atoms with Crippen molar-refractivity contribution in [2.75, 3.05) is 7.11 Å². The minimum absolute atomic E-state index is 0.118. The first kappa shape index (κ1) is 12.6. The lowest BCUT2D eigenvalue weighted by atomic mass is 9.93. The summed E-state index contributed by atoms with van der Waals surface area (Å²) in [6.07, 6.45) is 3.71. The van der Waals surface area contributed by atoms with Crippen molar-refractivity contribution < 1.29 is 4.74 Å². The Morgan fingerprint density at radius 2 is 1.88 bits per heavy atom. The zero-order valence-electron chi connectivity index (χ0n) is 11.1. The smallest absolute Gasteiger partial charge is 0.0753 e. The predicted octanol–water partition coefficient (Wildman–Crippen LogP) is 2.60. The van der Waals surface area contributed by atoms with Crippen LogP contribution >= 0.6 is 0 Å². The molecule has 1 aromatic rings. The van der Waals surface area contributed by atoms with Gasteiger partial charge in [0.05, 0.1) is 6.10 Å². The third-order valence-electron chi connectivity index (χ3n) is 3.87. The second-order valence-corrected chi connectivity index (χ2v) is 5.28. The molecule has 1 aliphatic rings. The molecule has 17 heavy (non-hydrogen) atoms. The first-order valence-electron chi connectivity index (χ1n) is 6.47. The first-order chi connectivity index (χ1) is 8.13. The van der Waals surface area contributed by atoms with Gasteiger partial charge in [-0.3, -0.25) is 0 Å². The lowest BCUT2D eigenvalue weighted by Gasteiger charge is -2.24. The van der Waals surface area contributed by atoms with Crippen molar-refractivity contribution in [2.45, 2.75) is 45.3 Å². The zero-order valence-corrected chi connectivity index (χ0v) is 11.1. The molecular weight excluding hydrogens is 210 g/mol. The van der Waals surface area contributed by atoms with Gasteiger partial charge >= 0.3 is 0 Å². The maximum Gasteiger partial charge on any atom is 0.0753 e. The summed E-state index contributed by atoms with van der Waals surface area (Å²) in [6.45, 7) is 4.32. The van der Waals surface area contributed by atoms with Crippen LogP contribution in [0.25, 0.3) is 0 Å². The first-order valence-corrected chi connectivity index (χ1v) is 6.47. The standard InChI is InChI=1S/C15H23NO/c1-10-5-4-6-11(2)13(10)9-14(16)15(17-3)12-7-8-12/h4-6,12,14-15H,7-9,16H2,1-3H3. The second kappa shape index (κ2) is 5.19. The molecule has 0 saturated heterocycles. The van der Waals surface area contributed by atoms with Crippen LogP contribution in [0.3, 0.4) is 0 Å². The molecule has 2 nitrogen and oxygen atoms in total.